The minimum absolute atomic E-state index is 0.213. The molecule has 2 heterocycles. The number of amides is 1. The molecule has 0 spiro atoms. The predicted molar refractivity (Wildman–Crippen MR) is 97.3 cm³/mol. The van der Waals surface area contributed by atoms with Crippen molar-refractivity contribution in [2.24, 2.45) is 0 Å². The predicted octanol–water partition coefficient (Wildman–Crippen LogP) is 3.40. The fourth-order valence-electron chi connectivity index (χ4n) is 2.56. The number of aromatic amines is 1. The molecule has 122 valence electrons. The van der Waals surface area contributed by atoms with Gasteiger partial charge in [-0.3, -0.25) is 9.89 Å². The van der Waals surface area contributed by atoms with Gasteiger partial charge >= 0.3 is 0 Å². The third kappa shape index (κ3) is 3.18. The molecule has 4 rings (SSSR count). The first-order valence-corrected chi connectivity index (χ1v) is 7.81. The fraction of sp³-hybridized carbons (Fsp3) is 0. The maximum Gasteiger partial charge on any atom is 0.248 e. The summed E-state index contributed by atoms with van der Waals surface area (Å²) in [7, 11) is 0. The Morgan fingerprint density at radius 1 is 1.08 bits per heavy atom. The zero-order valence-electron chi connectivity index (χ0n) is 13.3. The first-order valence-electron chi connectivity index (χ1n) is 7.81. The molecule has 6 heteroatoms. The Morgan fingerprint density at radius 2 is 1.96 bits per heavy atom. The van der Waals surface area contributed by atoms with Gasteiger partial charge in [-0.2, -0.15) is 10.2 Å². The number of nitrogens with one attached hydrogen (secondary N) is 2. The van der Waals surface area contributed by atoms with E-state index in [1.165, 1.54) is 6.08 Å². The highest BCUT2D eigenvalue weighted by Gasteiger charge is 2.05. The molecule has 0 unspecified atom stereocenters. The summed E-state index contributed by atoms with van der Waals surface area (Å²) >= 11 is 0. The molecule has 25 heavy (non-hydrogen) atoms. The number of benzene rings is 2. The summed E-state index contributed by atoms with van der Waals surface area (Å²) in [5.41, 5.74) is 3.32. The molecule has 0 bridgehead atoms. The fourth-order valence-corrected chi connectivity index (χ4v) is 2.56. The van der Waals surface area contributed by atoms with Gasteiger partial charge in [-0.1, -0.05) is 30.3 Å². The van der Waals surface area contributed by atoms with Crippen molar-refractivity contribution in [1.82, 2.24) is 20.0 Å². The second-order valence-corrected chi connectivity index (χ2v) is 5.52. The van der Waals surface area contributed by atoms with Crippen molar-refractivity contribution < 1.29 is 4.79 Å². The Labute approximate surface area is 143 Å². The molecule has 0 radical (unpaired) electrons. The second-order valence-electron chi connectivity index (χ2n) is 5.52. The summed E-state index contributed by atoms with van der Waals surface area (Å²) < 4.78 is 1.77. The first kappa shape index (κ1) is 14.9. The summed E-state index contributed by atoms with van der Waals surface area (Å²) in [5.74, 6) is -0.213. The molecule has 0 aliphatic carbocycles. The summed E-state index contributed by atoms with van der Waals surface area (Å²) in [4.78, 5) is 12.2. The molecule has 0 aliphatic heterocycles. The van der Waals surface area contributed by atoms with Crippen LogP contribution in [0.4, 0.5) is 5.69 Å². The summed E-state index contributed by atoms with van der Waals surface area (Å²) in [5, 5.41) is 15.0. The summed E-state index contributed by atoms with van der Waals surface area (Å²) in [6, 6.07) is 15.4. The summed E-state index contributed by atoms with van der Waals surface area (Å²) in [6.45, 7) is 0. The molecule has 6 nitrogen and oxygen atoms in total. The highest BCUT2D eigenvalue weighted by Crippen LogP contribution is 2.20. The molecule has 0 saturated heterocycles. The van der Waals surface area contributed by atoms with Crippen LogP contribution in [-0.2, 0) is 4.79 Å². The van der Waals surface area contributed by atoms with E-state index in [2.05, 4.69) is 20.6 Å². The molecule has 4 aromatic rings. The van der Waals surface area contributed by atoms with Crippen LogP contribution in [-0.4, -0.2) is 25.9 Å². The molecule has 0 aliphatic rings. The van der Waals surface area contributed by atoms with Gasteiger partial charge in [-0.15, -0.1) is 0 Å². The van der Waals surface area contributed by atoms with Gasteiger partial charge in [-0.25, -0.2) is 4.68 Å². The van der Waals surface area contributed by atoms with Crippen LogP contribution in [0.5, 0.6) is 0 Å². The number of para-hydroxylation sites is 2. The molecule has 1 amide bonds. The minimum Gasteiger partial charge on any atom is -0.321 e. The van der Waals surface area contributed by atoms with E-state index in [0.29, 0.717) is 5.69 Å². The van der Waals surface area contributed by atoms with E-state index in [0.717, 1.165) is 22.2 Å². The van der Waals surface area contributed by atoms with Crippen molar-refractivity contribution in [3.8, 4) is 5.69 Å². The van der Waals surface area contributed by atoms with E-state index in [4.69, 9.17) is 0 Å². The van der Waals surface area contributed by atoms with Gasteiger partial charge in [0.1, 0.15) is 0 Å². The monoisotopic (exact) mass is 329 g/mol. The van der Waals surface area contributed by atoms with Gasteiger partial charge in [-0.05, 0) is 24.3 Å². The average Bonchev–Trinajstić information content (AvgIpc) is 3.31. The van der Waals surface area contributed by atoms with E-state index in [9.17, 15) is 4.79 Å². The van der Waals surface area contributed by atoms with Crippen LogP contribution in [0.1, 0.15) is 5.56 Å². The molecular formula is C19H15N5O. The van der Waals surface area contributed by atoms with Crippen molar-refractivity contribution in [2.45, 2.75) is 0 Å². The zero-order chi connectivity index (χ0) is 17.1. The SMILES string of the molecule is O=C(/C=C/c1cnn(-c2ccccc2)c1)Nc1cccc2cn[nH]c12. The smallest absolute Gasteiger partial charge is 0.248 e. The van der Waals surface area contributed by atoms with Crippen LogP contribution in [0.2, 0.25) is 0 Å². The standard InChI is InChI=1S/C19H15N5O/c25-18(22-17-8-4-5-15-12-20-23-19(15)17)10-9-14-11-21-24(13-14)16-6-2-1-3-7-16/h1-13H,(H,20,23)(H,22,25)/b10-9+. The quantitative estimate of drug-likeness (QED) is 0.563. The van der Waals surface area contributed by atoms with E-state index in [1.54, 1.807) is 23.2 Å². The number of hydrogen-bond donors (Lipinski definition) is 2. The Kier molecular flexibility index (Phi) is 3.84. The van der Waals surface area contributed by atoms with Gasteiger partial charge in [0.25, 0.3) is 0 Å². The van der Waals surface area contributed by atoms with Gasteiger partial charge in [0.05, 0.1) is 29.3 Å². The number of H-pyrrole nitrogens is 1. The van der Waals surface area contributed by atoms with Crippen molar-refractivity contribution in [3.05, 3.63) is 78.8 Å². The van der Waals surface area contributed by atoms with Crippen LogP contribution in [0.25, 0.3) is 22.7 Å². The number of nitrogens with zero attached hydrogens (tertiary/aromatic N) is 3. The van der Waals surface area contributed by atoms with Crippen LogP contribution in [0.15, 0.2) is 73.2 Å². The lowest BCUT2D eigenvalue weighted by Gasteiger charge is -2.02. The third-order valence-corrected chi connectivity index (χ3v) is 3.79. The maximum atomic E-state index is 12.2. The Hall–Kier alpha value is -3.67. The molecule has 0 saturated carbocycles. The molecule has 0 fully saturated rings. The number of carbonyl (C=O) groups excluding carboxylic acids is 1. The number of carbonyl (C=O) groups is 1. The minimum atomic E-state index is -0.213. The van der Waals surface area contributed by atoms with Crippen molar-refractivity contribution in [3.63, 3.8) is 0 Å². The van der Waals surface area contributed by atoms with Gasteiger partial charge < -0.3 is 5.32 Å². The van der Waals surface area contributed by atoms with Crippen LogP contribution in [0.3, 0.4) is 0 Å². The van der Waals surface area contributed by atoms with E-state index < -0.39 is 0 Å². The summed E-state index contributed by atoms with van der Waals surface area (Å²) in [6.07, 6.45) is 8.52. The van der Waals surface area contributed by atoms with E-state index in [1.807, 2.05) is 54.7 Å². The van der Waals surface area contributed by atoms with Crippen LogP contribution < -0.4 is 5.32 Å². The highest BCUT2D eigenvalue weighted by atomic mass is 16.1. The Bertz CT molecular complexity index is 1050. The van der Waals surface area contributed by atoms with Gasteiger partial charge in [0.2, 0.25) is 5.91 Å². The van der Waals surface area contributed by atoms with Gasteiger partial charge in [0, 0.05) is 23.2 Å². The third-order valence-electron chi connectivity index (χ3n) is 3.79. The van der Waals surface area contributed by atoms with Crippen molar-refractivity contribution in [1.29, 1.82) is 0 Å². The number of fused-ring (bicyclic) bond motifs is 1. The van der Waals surface area contributed by atoms with E-state index >= 15 is 0 Å². The molecule has 2 N–H and O–H groups in total. The molecule has 0 atom stereocenters. The topological polar surface area (TPSA) is 75.6 Å². The highest BCUT2D eigenvalue weighted by molar-refractivity contribution is 6.06. The number of rotatable bonds is 4. The van der Waals surface area contributed by atoms with Gasteiger partial charge in [0.15, 0.2) is 0 Å². The molecule has 2 aromatic carbocycles. The van der Waals surface area contributed by atoms with Crippen LogP contribution >= 0.6 is 0 Å². The van der Waals surface area contributed by atoms with E-state index in [-0.39, 0.29) is 5.91 Å². The van der Waals surface area contributed by atoms with Crippen molar-refractivity contribution >= 4 is 28.6 Å². The Balaban J connectivity index is 1.48. The molecular weight excluding hydrogens is 314 g/mol. The largest absolute Gasteiger partial charge is 0.321 e. The number of anilines is 1. The number of aromatic nitrogens is 4. The Morgan fingerprint density at radius 3 is 2.84 bits per heavy atom. The van der Waals surface area contributed by atoms with Crippen LogP contribution in [0, 0.1) is 0 Å². The lowest BCUT2D eigenvalue weighted by molar-refractivity contribution is -0.111. The average molecular weight is 329 g/mol. The number of hydrogen-bond acceptors (Lipinski definition) is 3. The zero-order valence-corrected chi connectivity index (χ0v) is 13.3. The first-order chi connectivity index (χ1) is 12.3. The normalized spacial score (nSPS) is 11.2. The van der Waals surface area contributed by atoms with Crippen molar-refractivity contribution in [2.75, 3.05) is 5.32 Å². The molecule has 2 aromatic heterocycles. The second kappa shape index (κ2) is 6.45. The lowest BCUT2D eigenvalue weighted by atomic mass is 10.2. The lowest BCUT2D eigenvalue weighted by Crippen LogP contribution is -2.08. The maximum absolute atomic E-state index is 12.2.